The smallest absolute Gasteiger partial charge is 0.0306 e. The number of nitrogens with zero attached hydrogens (tertiary/aromatic N) is 1. The molecule has 2 nitrogen and oxygen atoms in total. The molecule has 1 aromatic rings. The first-order valence-corrected chi connectivity index (χ1v) is 5.37. The van der Waals surface area contributed by atoms with Crippen LogP contribution in [0, 0.1) is 0 Å². The van der Waals surface area contributed by atoms with Crippen molar-refractivity contribution in [3.05, 3.63) is 30.1 Å². The lowest BCUT2D eigenvalue weighted by molar-refractivity contribution is 0.519. The summed E-state index contributed by atoms with van der Waals surface area (Å²) in [5, 5.41) is 3.52. The maximum Gasteiger partial charge on any atom is 0.0306 e. The summed E-state index contributed by atoms with van der Waals surface area (Å²) < 4.78 is 0. The minimum Gasteiger partial charge on any atom is -0.314 e. The predicted molar refractivity (Wildman–Crippen MR) is 58.3 cm³/mol. The van der Waals surface area contributed by atoms with E-state index in [1.165, 1.54) is 18.4 Å². The minimum atomic E-state index is 0.401. The van der Waals surface area contributed by atoms with Crippen LogP contribution in [-0.2, 0) is 5.41 Å². The van der Waals surface area contributed by atoms with Gasteiger partial charge in [-0.3, -0.25) is 4.98 Å². The van der Waals surface area contributed by atoms with Crippen LogP contribution in [0.15, 0.2) is 24.5 Å². The molecule has 2 rings (SSSR count). The highest BCUT2D eigenvalue weighted by molar-refractivity contribution is 5.29. The average Bonchev–Trinajstić information content (AvgIpc) is 2.97. The van der Waals surface area contributed by atoms with E-state index in [0.717, 1.165) is 6.54 Å². The maximum atomic E-state index is 4.19. The molecule has 0 unspecified atom stereocenters. The molecule has 0 radical (unpaired) electrons. The van der Waals surface area contributed by atoms with Gasteiger partial charge in [-0.15, -0.1) is 0 Å². The molecule has 0 bridgehead atoms. The van der Waals surface area contributed by atoms with E-state index in [2.05, 4.69) is 30.2 Å². The van der Waals surface area contributed by atoms with Crippen molar-refractivity contribution >= 4 is 0 Å². The van der Waals surface area contributed by atoms with Crippen molar-refractivity contribution in [1.82, 2.24) is 10.3 Å². The highest BCUT2D eigenvalue weighted by atomic mass is 14.9. The van der Waals surface area contributed by atoms with Gasteiger partial charge in [0.15, 0.2) is 0 Å². The Balaban J connectivity index is 2.03. The lowest BCUT2D eigenvalue weighted by Crippen LogP contribution is -2.32. The quantitative estimate of drug-likeness (QED) is 0.786. The summed E-state index contributed by atoms with van der Waals surface area (Å²) in [6.45, 7) is 5.48. The second kappa shape index (κ2) is 3.70. The normalized spacial score (nSPS) is 18.5. The van der Waals surface area contributed by atoms with Crippen molar-refractivity contribution in [2.45, 2.75) is 38.1 Å². The number of pyridine rings is 1. The molecule has 1 fully saturated rings. The van der Waals surface area contributed by atoms with Crippen LogP contribution < -0.4 is 5.32 Å². The van der Waals surface area contributed by atoms with Crippen LogP contribution in [0.2, 0.25) is 0 Å². The SMILES string of the molecule is CC(C)NCC1(c2cccnc2)CC1. The van der Waals surface area contributed by atoms with Crippen molar-refractivity contribution in [1.29, 1.82) is 0 Å². The van der Waals surface area contributed by atoms with E-state index in [0.29, 0.717) is 11.5 Å². The fraction of sp³-hybridized carbons (Fsp3) is 0.583. The summed E-state index contributed by atoms with van der Waals surface area (Å²) in [4.78, 5) is 4.19. The maximum absolute atomic E-state index is 4.19. The number of nitrogens with one attached hydrogen (secondary N) is 1. The van der Waals surface area contributed by atoms with E-state index in [-0.39, 0.29) is 0 Å². The van der Waals surface area contributed by atoms with E-state index in [1.54, 1.807) is 0 Å². The molecule has 14 heavy (non-hydrogen) atoms. The molecule has 0 aliphatic heterocycles. The van der Waals surface area contributed by atoms with Gasteiger partial charge in [-0.05, 0) is 24.5 Å². The van der Waals surface area contributed by atoms with Crippen LogP contribution in [0.3, 0.4) is 0 Å². The third kappa shape index (κ3) is 1.95. The first kappa shape index (κ1) is 9.66. The van der Waals surface area contributed by atoms with E-state index in [1.807, 2.05) is 18.5 Å². The summed E-state index contributed by atoms with van der Waals surface area (Å²) in [6, 6.07) is 4.80. The highest BCUT2D eigenvalue weighted by Crippen LogP contribution is 2.47. The number of rotatable bonds is 4. The van der Waals surface area contributed by atoms with E-state index < -0.39 is 0 Å². The van der Waals surface area contributed by atoms with Gasteiger partial charge < -0.3 is 5.32 Å². The summed E-state index contributed by atoms with van der Waals surface area (Å²) >= 11 is 0. The van der Waals surface area contributed by atoms with Crippen LogP contribution in [0.25, 0.3) is 0 Å². The van der Waals surface area contributed by atoms with Gasteiger partial charge in [0.1, 0.15) is 0 Å². The molecule has 1 N–H and O–H groups in total. The summed E-state index contributed by atoms with van der Waals surface area (Å²) in [5.41, 5.74) is 1.80. The van der Waals surface area contributed by atoms with Crippen LogP contribution in [0.5, 0.6) is 0 Å². The average molecular weight is 190 g/mol. The van der Waals surface area contributed by atoms with Crippen molar-refractivity contribution < 1.29 is 0 Å². The van der Waals surface area contributed by atoms with E-state index in [4.69, 9.17) is 0 Å². The molecule has 1 aliphatic rings. The third-order valence-electron chi connectivity index (χ3n) is 2.98. The zero-order valence-corrected chi connectivity index (χ0v) is 8.96. The Morgan fingerprint density at radius 1 is 1.50 bits per heavy atom. The van der Waals surface area contributed by atoms with Gasteiger partial charge in [0.25, 0.3) is 0 Å². The lowest BCUT2D eigenvalue weighted by Gasteiger charge is -2.17. The Morgan fingerprint density at radius 2 is 2.29 bits per heavy atom. The van der Waals surface area contributed by atoms with E-state index >= 15 is 0 Å². The van der Waals surface area contributed by atoms with Gasteiger partial charge in [0.2, 0.25) is 0 Å². The summed E-state index contributed by atoms with van der Waals surface area (Å²) in [6.07, 6.45) is 6.46. The zero-order chi connectivity index (χ0) is 10.0. The van der Waals surface area contributed by atoms with Gasteiger partial charge in [-0.2, -0.15) is 0 Å². The molecule has 1 aliphatic carbocycles. The Labute approximate surface area is 85.7 Å². The second-order valence-electron chi connectivity index (χ2n) is 4.56. The molecule has 1 saturated carbocycles. The molecular formula is C12H18N2. The minimum absolute atomic E-state index is 0.401. The van der Waals surface area contributed by atoms with Gasteiger partial charge in [0.05, 0.1) is 0 Å². The molecule has 76 valence electrons. The molecule has 1 heterocycles. The topological polar surface area (TPSA) is 24.9 Å². The molecule has 0 amide bonds. The Morgan fingerprint density at radius 3 is 2.79 bits per heavy atom. The molecule has 0 atom stereocenters. The van der Waals surface area contributed by atoms with Crippen molar-refractivity contribution in [2.24, 2.45) is 0 Å². The number of aromatic nitrogens is 1. The summed E-state index contributed by atoms with van der Waals surface area (Å²) in [5.74, 6) is 0. The van der Waals surface area contributed by atoms with Gasteiger partial charge in [-0.25, -0.2) is 0 Å². The van der Waals surface area contributed by atoms with Gasteiger partial charge >= 0.3 is 0 Å². The van der Waals surface area contributed by atoms with Crippen LogP contribution in [0.1, 0.15) is 32.3 Å². The van der Waals surface area contributed by atoms with Gasteiger partial charge in [0, 0.05) is 30.4 Å². The number of hydrogen-bond acceptors (Lipinski definition) is 2. The fourth-order valence-electron chi connectivity index (χ4n) is 1.79. The molecule has 1 aromatic heterocycles. The monoisotopic (exact) mass is 190 g/mol. The predicted octanol–water partition coefficient (Wildman–Crippen LogP) is 2.11. The lowest BCUT2D eigenvalue weighted by atomic mass is 9.97. The zero-order valence-electron chi connectivity index (χ0n) is 8.96. The Hall–Kier alpha value is -0.890. The molecule has 2 heteroatoms. The van der Waals surface area contributed by atoms with Crippen LogP contribution >= 0.6 is 0 Å². The first-order chi connectivity index (χ1) is 6.73. The second-order valence-corrected chi connectivity index (χ2v) is 4.56. The van der Waals surface area contributed by atoms with Gasteiger partial charge in [-0.1, -0.05) is 19.9 Å². The van der Waals surface area contributed by atoms with Crippen molar-refractivity contribution in [2.75, 3.05) is 6.54 Å². The Bertz CT molecular complexity index is 288. The first-order valence-electron chi connectivity index (χ1n) is 5.37. The molecular weight excluding hydrogens is 172 g/mol. The van der Waals surface area contributed by atoms with Crippen LogP contribution in [0.4, 0.5) is 0 Å². The Kier molecular flexibility index (Phi) is 2.55. The van der Waals surface area contributed by atoms with Crippen LogP contribution in [-0.4, -0.2) is 17.6 Å². The van der Waals surface area contributed by atoms with E-state index in [9.17, 15) is 0 Å². The highest BCUT2D eigenvalue weighted by Gasteiger charge is 2.43. The van der Waals surface area contributed by atoms with Crippen molar-refractivity contribution in [3.8, 4) is 0 Å². The molecule has 0 spiro atoms. The largest absolute Gasteiger partial charge is 0.314 e. The third-order valence-corrected chi connectivity index (χ3v) is 2.98. The standard InChI is InChI=1S/C12H18N2/c1-10(2)14-9-12(5-6-12)11-4-3-7-13-8-11/h3-4,7-8,10,14H,5-6,9H2,1-2H3. The fourth-order valence-corrected chi connectivity index (χ4v) is 1.79. The van der Waals surface area contributed by atoms with Crippen molar-refractivity contribution in [3.63, 3.8) is 0 Å². The summed E-state index contributed by atoms with van der Waals surface area (Å²) in [7, 11) is 0. The molecule has 0 saturated heterocycles. The molecule has 0 aromatic carbocycles. The number of hydrogen-bond donors (Lipinski definition) is 1.